The number of piperidine rings is 1. The number of carbonyl (C=O) groups is 3. The number of amides is 3. The van der Waals surface area contributed by atoms with Crippen molar-refractivity contribution in [1.29, 1.82) is 0 Å². The molecule has 0 unspecified atom stereocenters. The molecule has 1 aromatic carbocycles. The zero-order valence-electron chi connectivity index (χ0n) is 18.0. The second-order valence-corrected chi connectivity index (χ2v) is 8.35. The molecule has 3 amide bonds. The minimum absolute atomic E-state index is 0.140. The number of aromatic nitrogens is 1. The van der Waals surface area contributed by atoms with Crippen LogP contribution in [-0.4, -0.2) is 34.3 Å². The summed E-state index contributed by atoms with van der Waals surface area (Å²) in [5, 5.41) is 0. The molecule has 2 aliphatic rings. The molecule has 3 heterocycles. The van der Waals surface area contributed by atoms with E-state index in [1.54, 1.807) is 11.0 Å². The van der Waals surface area contributed by atoms with E-state index in [1.165, 1.54) is 22.7 Å². The van der Waals surface area contributed by atoms with E-state index >= 15 is 0 Å². The van der Waals surface area contributed by atoms with Crippen molar-refractivity contribution >= 4 is 23.6 Å². The lowest BCUT2D eigenvalue weighted by molar-refractivity contribution is -0.134. The number of hydrogen-bond acceptors (Lipinski definition) is 5. The van der Waals surface area contributed by atoms with Crippen molar-refractivity contribution in [2.75, 3.05) is 11.4 Å². The van der Waals surface area contributed by atoms with Gasteiger partial charge in [0.15, 0.2) is 0 Å². The summed E-state index contributed by atoms with van der Waals surface area (Å²) >= 11 is 0. The van der Waals surface area contributed by atoms with Crippen molar-refractivity contribution in [3.63, 3.8) is 0 Å². The van der Waals surface area contributed by atoms with Gasteiger partial charge in [0, 0.05) is 32.0 Å². The fourth-order valence-corrected chi connectivity index (χ4v) is 4.41. The number of carbonyl (C=O) groups excluding carboxylic acids is 3. The fourth-order valence-electron chi connectivity index (χ4n) is 4.41. The van der Waals surface area contributed by atoms with E-state index in [0.29, 0.717) is 31.6 Å². The van der Waals surface area contributed by atoms with Gasteiger partial charge < -0.3 is 9.64 Å². The highest BCUT2D eigenvalue weighted by Crippen LogP contribution is 2.40. The average molecular weight is 421 g/mol. The van der Waals surface area contributed by atoms with Gasteiger partial charge in [-0.15, -0.1) is 0 Å². The summed E-state index contributed by atoms with van der Waals surface area (Å²) in [4.78, 5) is 44.9. The fraction of sp³-hybridized carbons (Fsp3) is 0.417. The van der Waals surface area contributed by atoms with E-state index in [4.69, 9.17) is 4.74 Å². The summed E-state index contributed by atoms with van der Waals surface area (Å²) in [6, 6.07) is 11.2. The van der Waals surface area contributed by atoms with Crippen molar-refractivity contribution in [2.24, 2.45) is 5.41 Å². The molecule has 0 aliphatic carbocycles. The number of anilines is 1. The highest BCUT2D eigenvalue weighted by atomic mass is 16.6. The van der Waals surface area contributed by atoms with Crippen LogP contribution in [0.3, 0.4) is 0 Å². The smallest absolute Gasteiger partial charge is 0.391 e. The number of fused-ring (bicyclic) bond motifs is 1. The first-order valence-electron chi connectivity index (χ1n) is 10.8. The molecule has 0 N–H and O–H groups in total. The van der Waals surface area contributed by atoms with Gasteiger partial charge in [-0.05, 0) is 41.9 Å². The molecule has 7 nitrogen and oxygen atoms in total. The highest BCUT2D eigenvalue weighted by molar-refractivity contribution is 6.16. The van der Waals surface area contributed by atoms with Crippen molar-refractivity contribution in [3.05, 3.63) is 53.7 Å². The van der Waals surface area contributed by atoms with Crippen LogP contribution in [0.5, 0.6) is 5.88 Å². The zero-order chi connectivity index (χ0) is 22.0. The molecule has 4 rings (SSSR count). The largest absolute Gasteiger partial charge is 0.416 e. The second-order valence-electron chi connectivity index (χ2n) is 8.35. The first kappa shape index (κ1) is 21.0. The van der Waals surface area contributed by atoms with E-state index in [-0.39, 0.29) is 23.1 Å². The normalized spacial score (nSPS) is 18.0. The van der Waals surface area contributed by atoms with Crippen molar-refractivity contribution < 1.29 is 19.1 Å². The van der Waals surface area contributed by atoms with E-state index in [1.807, 2.05) is 32.0 Å². The predicted molar refractivity (Wildman–Crippen MR) is 116 cm³/mol. The molecule has 0 radical (unpaired) electrons. The number of benzene rings is 1. The van der Waals surface area contributed by atoms with Gasteiger partial charge in [-0.1, -0.05) is 38.1 Å². The Labute approximate surface area is 182 Å². The molecule has 0 atom stereocenters. The third kappa shape index (κ3) is 4.17. The molecule has 1 fully saturated rings. The van der Waals surface area contributed by atoms with Crippen LogP contribution in [0.15, 0.2) is 42.6 Å². The van der Waals surface area contributed by atoms with Gasteiger partial charge in [0.25, 0.3) is 0 Å². The number of imide groups is 1. The lowest BCUT2D eigenvalue weighted by atomic mass is 9.73. The number of rotatable bonds is 4. The molecule has 2 aliphatic heterocycles. The summed E-state index contributed by atoms with van der Waals surface area (Å²) in [5.74, 6) is -0.280. The van der Waals surface area contributed by atoms with Crippen molar-refractivity contribution in [3.8, 4) is 5.88 Å². The Morgan fingerprint density at radius 3 is 2.32 bits per heavy atom. The van der Waals surface area contributed by atoms with Crippen LogP contribution in [0.1, 0.15) is 50.7 Å². The molecule has 2 aromatic rings. The summed E-state index contributed by atoms with van der Waals surface area (Å²) in [7, 11) is 0. The molecule has 162 valence electrons. The van der Waals surface area contributed by atoms with E-state index < -0.39 is 6.09 Å². The number of pyridine rings is 1. The Morgan fingerprint density at radius 2 is 1.71 bits per heavy atom. The summed E-state index contributed by atoms with van der Waals surface area (Å²) < 4.78 is 5.42. The van der Waals surface area contributed by atoms with E-state index in [2.05, 4.69) is 11.1 Å². The van der Waals surface area contributed by atoms with Crippen LogP contribution < -0.4 is 9.64 Å². The van der Waals surface area contributed by atoms with Crippen LogP contribution in [0.2, 0.25) is 0 Å². The molecule has 1 saturated heterocycles. The number of nitrogens with zero attached hydrogens (tertiary/aromatic N) is 3. The topological polar surface area (TPSA) is 79.8 Å². The maximum absolute atomic E-state index is 12.7. The van der Waals surface area contributed by atoms with E-state index in [0.717, 1.165) is 24.8 Å². The average Bonchev–Trinajstić information content (AvgIpc) is 2.79. The van der Waals surface area contributed by atoms with Crippen LogP contribution in [0, 0.1) is 5.41 Å². The molecular formula is C24H27N3O4. The van der Waals surface area contributed by atoms with Crippen LogP contribution in [0.4, 0.5) is 10.5 Å². The maximum Gasteiger partial charge on any atom is 0.416 e. The van der Waals surface area contributed by atoms with Crippen molar-refractivity contribution in [1.82, 2.24) is 9.88 Å². The summed E-state index contributed by atoms with van der Waals surface area (Å²) in [6.07, 6.45) is 4.02. The molecule has 7 heteroatoms. The predicted octanol–water partition coefficient (Wildman–Crippen LogP) is 4.10. The van der Waals surface area contributed by atoms with E-state index in [9.17, 15) is 14.4 Å². The Hall–Kier alpha value is -3.22. The van der Waals surface area contributed by atoms with Crippen molar-refractivity contribution in [2.45, 2.75) is 52.5 Å². The molecule has 31 heavy (non-hydrogen) atoms. The minimum Gasteiger partial charge on any atom is -0.391 e. The van der Waals surface area contributed by atoms with Crippen LogP contribution in [-0.2, 0) is 22.6 Å². The Morgan fingerprint density at radius 1 is 1.03 bits per heavy atom. The van der Waals surface area contributed by atoms with Gasteiger partial charge in [0.2, 0.25) is 17.7 Å². The molecule has 0 saturated carbocycles. The molecule has 1 aromatic heterocycles. The quantitative estimate of drug-likeness (QED) is 0.695. The lowest BCUT2D eigenvalue weighted by Crippen LogP contribution is -2.48. The maximum atomic E-state index is 12.7. The standard InChI is InChI=1S/C24H27N3O4/c1-3-24(4-2)13-21(28)27(22(29)14-24)19-9-10-20(25-15-19)31-23(30)26-12-11-17-7-5-6-8-18(17)16-26/h5-10,15H,3-4,11-14,16H2,1-2H3. The lowest BCUT2D eigenvalue weighted by Gasteiger charge is -2.38. The Kier molecular flexibility index (Phi) is 5.76. The second kappa shape index (κ2) is 8.49. The van der Waals surface area contributed by atoms with Gasteiger partial charge in [-0.25, -0.2) is 14.7 Å². The Bertz CT molecular complexity index is 978. The first-order chi connectivity index (χ1) is 14.9. The third-order valence-electron chi connectivity index (χ3n) is 6.61. The summed E-state index contributed by atoms with van der Waals surface area (Å²) in [6.45, 7) is 5.12. The third-order valence-corrected chi connectivity index (χ3v) is 6.61. The molecule has 0 bridgehead atoms. The summed E-state index contributed by atoms with van der Waals surface area (Å²) in [5.41, 5.74) is 2.52. The van der Waals surface area contributed by atoms with Gasteiger partial charge in [0.05, 0.1) is 11.9 Å². The number of ether oxygens (including phenoxy) is 1. The molecule has 0 spiro atoms. The van der Waals surface area contributed by atoms with Crippen LogP contribution in [0.25, 0.3) is 0 Å². The van der Waals surface area contributed by atoms with Crippen LogP contribution >= 0.6 is 0 Å². The molecular weight excluding hydrogens is 394 g/mol. The SMILES string of the molecule is CCC1(CC)CC(=O)N(c2ccc(OC(=O)N3CCc4ccccc4C3)nc2)C(=O)C1. The Balaban J connectivity index is 1.41. The van der Waals surface area contributed by atoms with Gasteiger partial charge in [0.1, 0.15) is 0 Å². The highest BCUT2D eigenvalue weighted by Gasteiger charge is 2.42. The zero-order valence-corrected chi connectivity index (χ0v) is 18.0. The first-order valence-corrected chi connectivity index (χ1v) is 10.8. The van der Waals surface area contributed by atoms with Gasteiger partial charge in [-0.3, -0.25) is 9.59 Å². The number of hydrogen-bond donors (Lipinski definition) is 0. The minimum atomic E-state index is -0.462. The van der Waals surface area contributed by atoms with Gasteiger partial charge in [-0.2, -0.15) is 0 Å². The van der Waals surface area contributed by atoms with Gasteiger partial charge >= 0.3 is 6.09 Å². The monoisotopic (exact) mass is 421 g/mol.